The van der Waals surface area contributed by atoms with E-state index in [1.54, 1.807) is 6.20 Å². The van der Waals surface area contributed by atoms with Crippen molar-refractivity contribution < 1.29 is 14.3 Å². The molecule has 1 aromatic heterocycles. The number of hydrogen-bond acceptors (Lipinski definition) is 5. The summed E-state index contributed by atoms with van der Waals surface area (Å²) in [5, 5.41) is 3.04. The molecule has 0 aliphatic carbocycles. The van der Waals surface area contributed by atoms with Gasteiger partial charge in [0, 0.05) is 31.9 Å². The van der Waals surface area contributed by atoms with Crippen LogP contribution in [0.3, 0.4) is 0 Å². The first-order valence-corrected chi connectivity index (χ1v) is 11.2. The summed E-state index contributed by atoms with van der Waals surface area (Å²) in [5.41, 5.74) is 0.859. The highest BCUT2D eigenvalue weighted by Gasteiger charge is 2.33. The topological polar surface area (TPSA) is 74.8 Å². The normalized spacial score (nSPS) is 21.3. The lowest BCUT2D eigenvalue weighted by Crippen LogP contribution is -2.51. The first kappa shape index (κ1) is 22.5. The zero-order chi connectivity index (χ0) is 21.6. The second-order valence-corrected chi connectivity index (χ2v) is 9.71. The summed E-state index contributed by atoms with van der Waals surface area (Å²) < 4.78 is 5.45. The number of nitrogens with zero attached hydrogens (tertiary/aromatic N) is 3. The number of carbonyl (C=O) groups is 2. The predicted molar refractivity (Wildman–Crippen MR) is 116 cm³/mol. The van der Waals surface area contributed by atoms with Gasteiger partial charge in [-0.1, -0.05) is 26.8 Å². The molecular weight excluding hydrogens is 380 g/mol. The smallest absolute Gasteiger partial charge is 0.409 e. The minimum atomic E-state index is -0.200. The third-order valence-electron chi connectivity index (χ3n) is 5.86. The number of likely N-dealkylation sites (tertiary alicyclic amines) is 2. The molecule has 7 nitrogen and oxygen atoms in total. The van der Waals surface area contributed by atoms with Gasteiger partial charge in [0.25, 0.3) is 0 Å². The Kier molecular flexibility index (Phi) is 7.69. The molecule has 30 heavy (non-hydrogen) atoms. The first-order valence-electron chi connectivity index (χ1n) is 11.2. The van der Waals surface area contributed by atoms with Crippen molar-refractivity contribution >= 4 is 12.0 Å². The Labute approximate surface area is 180 Å². The Balaban J connectivity index is 1.42. The lowest BCUT2D eigenvalue weighted by atomic mass is 9.93. The molecule has 2 amide bonds. The van der Waals surface area contributed by atoms with Crippen LogP contribution in [0, 0.1) is 11.3 Å². The molecule has 1 atom stereocenters. The monoisotopic (exact) mass is 416 g/mol. The molecule has 1 N–H and O–H groups in total. The van der Waals surface area contributed by atoms with Crippen LogP contribution in [0.25, 0.3) is 0 Å². The van der Waals surface area contributed by atoms with Crippen LogP contribution in [0.5, 0.6) is 0 Å². The largest absolute Gasteiger partial charge is 0.449 e. The molecule has 0 radical (unpaired) electrons. The fourth-order valence-electron chi connectivity index (χ4n) is 4.16. The van der Waals surface area contributed by atoms with Gasteiger partial charge >= 0.3 is 6.09 Å². The predicted octanol–water partition coefficient (Wildman–Crippen LogP) is 3.06. The van der Waals surface area contributed by atoms with Crippen molar-refractivity contribution in [1.29, 1.82) is 0 Å². The van der Waals surface area contributed by atoms with Gasteiger partial charge in [0.15, 0.2) is 0 Å². The number of aromatic nitrogens is 1. The van der Waals surface area contributed by atoms with Crippen LogP contribution in [-0.4, -0.2) is 65.6 Å². The van der Waals surface area contributed by atoms with Crippen molar-refractivity contribution in [3.63, 3.8) is 0 Å². The Morgan fingerprint density at radius 1 is 1.17 bits per heavy atom. The molecule has 2 aliphatic rings. The van der Waals surface area contributed by atoms with Gasteiger partial charge in [0.1, 0.15) is 0 Å². The Morgan fingerprint density at radius 3 is 2.60 bits per heavy atom. The van der Waals surface area contributed by atoms with E-state index in [2.05, 4.69) is 36.0 Å². The summed E-state index contributed by atoms with van der Waals surface area (Å²) in [7, 11) is 0. The minimum absolute atomic E-state index is 0.0199. The minimum Gasteiger partial charge on any atom is -0.449 e. The summed E-state index contributed by atoms with van der Waals surface area (Å²) >= 11 is 0. The average molecular weight is 417 g/mol. The van der Waals surface area contributed by atoms with E-state index < -0.39 is 0 Å². The van der Waals surface area contributed by atoms with Gasteiger partial charge in [-0.2, -0.15) is 0 Å². The van der Waals surface area contributed by atoms with Crippen LogP contribution in [0.2, 0.25) is 0 Å². The molecule has 0 bridgehead atoms. The number of piperidine rings is 2. The van der Waals surface area contributed by atoms with E-state index in [-0.39, 0.29) is 23.3 Å². The fraction of sp³-hybridized carbons (Fsp3) is 0.696. The van der Waals surface area contributed by atoms with Crippen molar-refractivity contribution in [2.24, 2.45) is 11.3 Å². The van der Waals surface area contributed by atoms with Crippen LogP contribution >= 0.6 is 0 Å². The highest BCUT2D eigenvalue weighted by molar-refractivity contribution is 5.78. The van der Waals surface area contributed by atoms with Gasteiger partial charge in [-0.3, -0.25) is 14.7 Å². The molecule has 3 heterocycles. The molecule has 166 valence electrons. The van der Waals surface area contributed by atoms with Crippen molar-refractivity contribution in [2.45, 2.75) is 59.0 Å². The highest BCUT2D eigenvalue weighted by atomic mass is 16.6. The van der Waals surface area contributed by atoms with E-state index in [1.807, 2.05) is 23.1 Å². The van der Waals surface area contributed by atoms with Crippen LogP contribution in [-0.2, 0) is 16.1 Å². The van der Waals surface area contributed by atoms with E-state index >= 15 is 0 Å². The third kappa shape index (κ3) is 6.69. The molecular formula is C23H36N4O3. The summed E-state index contributed by atoms with van der Waals surface area (Å²) in [6.45, 7) is 10.4. The number of nitrogens with one attached hydrogen (secondary N) is 1. The number of hydrogen-bond donors (Lipinski definition) is 1. The molecule has 0 spiro atoms. The molecule has 2 aliphatic heterocycles. The molecule has 1 unspecified atom stereocenters. The molecule has 2 saturated heterocycles. The van der Waals surface area contributed by atoms with E-state index in [4.69, 9.17) is 4.74 Å². The molecule has 0 saturated carbocycles. The van der Waals surface area contributed by atoms with Crippen LogP contribution in [0.1, 0.15) is 52.1 Å². The standard InChI is InChI=1S/C23H36N4O3/c1-23(2,3)17-30-22(29)26-13-9-20(10-14-26)27-12-6-7-18(16-27)21(28)25-15-19-8-4-5-11-24-19/h4-5,8,11,18,20H,6-7,9-10,12-17H2,1-3H3,(H,25,28). The zero-order valence-corrected chi connectivity index (χ0v) is 18.6. The summed E-state index contributed by atoms with van der Waals surface area (Å²) in [6.07, 6.45) is 5.39. The Bertz CT molecular complexity index is 696. The summed E-state index contributed by atoms with van der Waals surface area (Å²) in [6, 6.07) is 6.17. The zero-order valence-electron chi connectivity index (χ0n) is 18.6. The van der Waals surface area contributed by atoms with Gasteiger partial charge in [-0.05, 0) is 49.8 Å². The van der Waals surface area contributed by atoms with E-state index in [9.17, 15) is 9.59 Å². The Morgan fingerprint density at radius 2 is 1.93 bits per heavy atom. The number of amides is 2. The molecule has 1 aromatic rings. The van der Waals surface area contributed by atoms with E-state index in [0.717, 1.165) is 57.6 Å². The van der Waals surface area contributed by atoms with Crippen LogP contribution in [0.15, 0.2) is 24.4 Å². The number of ether oxygens (including phenoxy) is 1. The molecule has 7 heteroatoms. The molecule has 0 aromatic carbocycles. The maximum atomic E-state index is 12.7. The van der Waals surface area contributed by atoms with Gasteiger partial charge < -0.3 is 15.0 Å². The Hall–Kier alpha value is -2.15. The summed E-state index contributed by atoms with van der Waals surface area (Å²) in [5.74, 6) is 0.144. The third-order valence-corrected chi connectivity index (χ3v) is 5.86. The summed E-state index contributed by atoms with van der Waals surface area (Å²) in [4.78, 5) is 33.5. The lowest BCUT2D eigenvalue weighted by Gasteiger charge is -2.41. The fourth-order valence-corrected chi connectivity index (χ4v) is 4.16. The van der Waals surface area contributed by atoms with Crippen LogP contribution < -0.4 is 5.32 Å². The first-order chi connectivity index (χ1) is 14.3. The highest BCUT2D eigenvalue weighted by Crippen LogP contribution is 2.25. The van der Waals surface area contributed by atoms with E-state index in [1.165, 1.54) is 0 Å². The maximum absolute atomic E-state index is 12.7. The van der Waals surface area contributed by atoms with E-state index in [0.29, 0.717) is 19.2 Å². The molecule has 2 fully saturated rings. The van der Waals surface area contributed by atoms with Crippen LogP contribution in [0.4, 0.5) is 4.79 Å². The maximum Gasteiger partial charge on any atom is 0.409 e. The van der Waals surface area contributed by atoms with Gasteiger partial charge in [-0.15, -0.1) is 0 Å². The second kappa shape index (κ2) is 10.2. The van der Waals surface area contributed by atoms with Crippen molar-refractivity contribution in [3.05, 3.63) is 30.1 Å². The van der Waals surface area contributed by atoms with Crippen molar-refractivity contribution in [2.75, 3.05) is 32.8 Å². The number of carbonyl (C=O) groups excluding carboxylic acids is 2. The number of pyridine rings is 1. The lowest BCUT2D eigenvalue weighted by molar-refractivity contribution is -0.127. The quantitative estimate of drug-likeness (QED) is 0.799. The van der Waals surface area contributed by atoms with Gasteiger partial charge in [0.05, 0.1) is 24.8 Å². The second-order valence-electron chi connectivity index (χ2n) is 9.71. The van der Waals surface area contributed by atoms with Gasteiger partial charge in [-0.25, -0.2) is 4.79 Å². The SMILES string of the molecule is CC(C)(C)COC(=O)N1CCC(N2CCCC(C(=O)NCc3ccccn3)C2)CC1. The van der Waals surface area contributed by atoms with Crippen molar-refractivity contribution in [1.82, 2.24) is 20.1 Å². The van der Waals surface area contributed by atoms with Crippen molar-refractivity contribution in [3.8, 4) is 0 Å². The van der Waals surface area contributed by atoms with Gasteiger partial charge in [0.2, 0.25) is 5.91 Å². The molecule has 3 rings (SSSR count). The average Bonchev–Trinajstić information content (AvgIpc) is 2.76. The number of rotatable bonds is 5.